The van der Waals surface area contributed by atoms with Gasteiger partial charge in [-0.2, -0.15) is 0 Å². The van der Waals surface area contributed by atoms with Crippen LogP contribution >= 0.6 is 0 Å². The number of fused-ring (bicyclic) bond motifs is 1. The third kappa shape index (κ3) is 2.70. The lowest BCUT2D eigenvalue weighted by Gasteiger charge is -2.24. The van der Waals surface area contributed by atoms with Gasteiger partial charge in [0.1, 0.15) is 17.2 Å². The van der Waals surface area contributed by atoms with Gasteiger partial charge in [-0.25, -0.2) is 4.79 Å². The first-order chi connectivity index (χ1) is 11.2. The Kier molecular flexibility index (Phi) is 4.10. The summed E-state index contributed by atoms with van der Waals surface area (Å²) in [7, 11) is 3.14. The largest absolute Gasteiger partial charge is 0.494 e. The summed E-state index contributed by atoms with van der Waals surface area (Å²) in [5, 5.41) is 2.93. The van der Waals surface area contributed by atoms with Gasteiger partial charge in [-0.15, -0.1) is 0 Å². The zero-order valence-electron chi connectivity index (χ0n) is 13.5. The third-order valence-electron chi connectivity index (χ3n) is 4.09. The molecule has 120 valence electrons. The molecule has 0 spiro atoms. The highest BCUT2D eigenvalue weighted by Crippen LogP contribution is 2.36. The summed E-state index contributed by atoms with van der Waals surface area (Å²) >= 11 is 0. The van der Waals surface area contributed by atoms with Crippen LogP contribution in [0.2, 0.25) is 0 Å². The second-order valence-electron chi connectivity index (χ2n) is 5.52. The highest BCUT2D eigenvalue weighted by molar-refractivity contribution is 6.05. The molecule has 2 aromatic carbocycles. The minimum atomic E-state index is -0.190. The van der Waals surface area contributed by atoms with Gasteiger partial charge in [0.25, 0.3) is 0 Å². The molecule has 0 aromatic heterocycles. The minimum Gasteiger partial charge on any atom is -0.494 e. The van der Waals surface area contributed by atoms with Crippen LogP contribution in [0.1, 0.15) is 12.5 Å². The van der Waals surface area contributed by atoms with Crippen LogP contribution < -0.4 is 19.7 Å². The fourth-order valence-electron chi connectivity index (χ4n) is 3.02. The number of nitrogens with zero attached hydrogens (tertiary/aromatic N) is 1. The highest BCUT2D eigenvalue weighted by Gasteiger charge is 2.31. The van der Waals surface area contributed by atoms with Crippen LogP contribution in [0.25, 0.3) is 0 Å². The van der Waals surface area contributed by atoms with Crippen molar-refractivity contribution in [2.24, 2.45) is 0 Å². The molecule has 0 fully saturated rings. The molecule has 0 radical (unpaired) electrons. The van der Waals surface area contributed by atoms with E-state index in [4.69, 9.17) is 9.47 Å². The summed E-state index contributed by atoms with van der Waals surface area (Å²) in [5.41, 5.74) is 2.67. The van der Waals surface area contributed by atoms with Crippen molar-refractivity contribution in [2.75, 3.05) is 24.4 Å². The molecule has 23 heavy (non-hydrogen) atoms. The van der Waals surface area contributed by atoms with E-state index < -0.39 is 0 Å². The van der Waals surface area contributed by atoms with Crippen molar-refractivity contribution in [3.8, 4) is 11.5 Å². The van der Waals surface area contributed by atoms with Crippen molar-refractivity contribution in [1.29, 1.82) is 0 Å². The summed E-state index contributed by atoms with van der Waals surface area (Å²) in [6, 6.07) is 13.3. The Labute approximate surface area is 135 Å². The molecule has 1 atom stereocenters. The predicted octanol–water partition coefficient (Wildman–Crippen LogP) is 3.69. The number of carbonyl (C=O) groups excluding carboxylic acids is 1. The fourth-order valence-corrected chi connectivity index (χ4v) is 3.02. The van der Waals surface area contributed by atoms with Crippen molar-refractivity contribution >= 4 is 17.4 Å². The zero-order chi connectivity index (χ0) is 16.4. The molecule has 5 nitrogen and oxygen atoms in total. The smallest absolute Gasteiger partial charge is 0.326 e. The standard InChI is InChI=1S/C18H20N2O3/c1-12-11-13-7-4-5-8-14(13)20(12)18(21)19-17-15(22-2)9-6-10-16(17)23-3/h4-10,12H,11H2,1-3H3,(H,19,21). The van der Waals surface area contributed by atoms with Crippen molar-refractivity contribution in [3.05, 3.63) is 48.0 Å². The van der Waals surface area contributed by atoms with Gasteiger partial charge >= 0.3 is 6.03 Å². The lowest BCUT2D eigenvalue weighted by molar-refractivity contribution is 0.255. The number of ether oxygens (including phenoxy) is 2. The summed E-state index contributed by atoms with van der Waals surface area (Å²) in [4.78, 5) is 14.6. The maximum atomic E-state index is 12.8. The van der Waals surface area contributed by atoms with Gasteiger partial charge in [-0.05, 0) is 37.1 Å². The maximum absolute atomic E-state index is 12.8. The topological polar surface area (TPSA) is 50.8 Å². The Hall–Kier alpha value is -2.69. The number of hydrogen-bond acceptors (Lipinski definition) is 3. The van der Waals surface area contributed by atoms with Gasteiger partial charge in [0.2, 0.25) is 0 Å². The Morgan fingerprint density at radius 1 is 1.09 bits per heavy atom. The normalized spacial score (nSPS) is 16.0. The van der Waals surface area contributed by atoms with Crippen molar-refractivity contribution in [1.82, 2.24) is 0 Å². The van der Waals surface area contributed by atoms with Crippen molar-refractivity contribution < 1.29 is 14.3 Å². The molecule has 1 unspecified atom stereocenters. The van der Waals surface area contributed by atoms with Crippen LogP contribution in [0, 0.1) is 0 Å². The van der Waals surface area contributed by atoms with Gasteiger partial charge in [0, 0.05) is 11.7 Å². The highest BCUT2D eigenvalue weighted by atomic mass is 16.5. The van der Waals surface area contributed by atoms with Crippen LogP contribution in [0.5, 0.6) is 11.5 Å². The average molecular weight is 312 g/mol. The molecule has 1 heterocycles. The first kappa shape index (κ1) is 15.2. The lowest BCUT2D eigenvalue weighted by Crippen LogP contribution is -2.39. The number of urea groups is 1. The van der Waals surface area contributed by atoms with E-state index in [-0.39, 0.29) is 12.1 Å². The van der Waals surface area contributed by atoms with E-state index in [0.29, 0.717) is 17.2 Å². The first-order valence-electron chi connectivity index (χ1n) is 7.54. The number of carbonyl (C=O) groups is 1. The Morgan fingerprint density at radius 3 is 2.39 bits per heavy atom. The van der Waals surface area contributed by atoms with Crippen LogP contribution in [-0.4, -0.2) is 26.3 Å². The maximum Gasteiger partial charge on any atom is 0.326 e. The third-order valence-corrected chi connectivity index (χ3v) is 4.09. The number of benzene rings is 2. The van der Waals surface area contributed by atoms with Gasteiger partial charge in [0.15, 0.2) is 0 Å². The van der Waals surface area contributed by atoms with Crippen molar-refractivity contribution in [2.45, 2.75) is 19.4 Å². The SMILES string of the molecule is COc1cccc(OC)c1NC(=O)N1c2ccccc2CC1C. The van der Waals surface area contributed by atoms with E-state index in [1.54, 1.807) is 31.3 Å². The fraction of sp³-hybridized carbons (Fsp3) is 0.278. The molecular formula is C18H20N2O3. The van der Waals surface area contributed by atoms with Gasteiger partial charge in [-0.1, -0.05) is 24.3 Å². The number of rotatable bonds is 3. The average Bonchev–Trinajstić information content (AvgIpc) is 2.90. The minimum absolute atomic E-state index is 0.105. The molecule has 0 aliphatic carbocycles. The van der Waals surface area contributed by atoms with Crippen LogP contribution in [0.4, 0.5) is 16.2 Å². The van der Waals surface area contributed by atoms with E-state index in [0.717, 1.165) is 12.1 Å². The molecule has 3 rings (SSSR count). The number of para-hydroxylation sites is 2. The Morgan fingerprint density at radius 2 is 1.74 bits per heavy atom. The summed E-state index contributed by atoms with van der Waals surface area (Å²) < 4.78 is 10.7. The number of hydrogen-bond donors (Lipinski definition) is 1. The van der Waals surface area contributed by atoms with Gasteiger partial charge < -0.3 is 14.8 Å². The van der Waals surface area contributed by atoms with E-state index in [2.05, 4.69) is 11.4 Å². The number of amides is 2. The van der Waals surface area contributed by atoms with Gasteiger partial charge in [-0.3, -0.25) is 4.90 Å². The van der Waals surface area contributed by atoms with E-state index in [1.807, 2.05) is 31.2 Å². The zero-order valence-corrected chi connectivity index (χ0v) is 13.5. The molecule has 5 heteroatoms. The molecule has 2 amide bonds. The van der Waals surface area contributed by atoms with Crippen LogP contribution in [-0.2, 0) is 6.42 Å². The van der Waals surface area contributed by atoms with E-state index in [1.165, 1.54) is 5.56 Å². The molecule has 1 aliphatic heterocycles. The number of anilines is 2. The molecule has 0 saturated carbocycles. The predicted molar refractivity (Wildman–Crippen MR) is 90.7 cm³/mol. The Bertz CT molecular complexity index is 708. The molecule has 0 bridgehead atoms. The molecule has 2 aromatic rings. The van der Waals surface area contributed by atoms with Crippen LogP contribution in [0.3, 0.4) is 0 Å². The number of nitrogens with one attached hydrogen (secondary N) is 1. The Balaban J connectivity index is 1.91. The first-order valence-corrected chi connectivity index (χ1v) is 7.54. The van der Waals surface area contributed by atoms with Gasteiger partial charge in [0.05, 0.1) is 14.2 Å². The number of methoxy groups -OCH3 is 2. The second kappa shape index (κ2) is 6.20. The summed E-state index contributed by atoms with van der Waals surface area (Å²) in [6.45, 7) is 2.04. The summed E-state index contributed by atoms with van der Waals surface area (Å²) in [5.74, 6) is 1.13. The second-order valence-corrected chi connectivity index (χ2v) is 5.52. The summed E-state index contributed by atoms with van der Waals surface area (Å²) in [6.07, 6.45) is 0.854. The van der Waals surface area contributed by atoms with Crippen molar-refractivity contribution in [3.63, 3.8) is 0 Å². The molecule has 1 N–H and O–H groups in total. The van der Waals surface area contributed by atoms with E-state index >= 15 is 0 Å². The molecule has 1 aliphatic rings. The molecule has 0 saturated heterocycles. The lowest BCUT2D eigenvalue weighted by atomic mass is 10.1. The quantitative estimate of drug-likeness (QED) is 0.940. The van der Waals surface area contributed by atoms with E-state index in [9.17, 15) is 4.79 Å². The van der Waals surface area contributed by atoms with Crippen LogP contribution in [0.15, 0.2) is 42.5 Å². The monoisotopic (exact) mass is 312 g/mol. The molecular weight excluding hydrogens is 292 g/mol.